The smallest absolute Gasteiger partial charge is 0.203 e. The maximum atomic E-state index is 10.4. The Bertz CT molecular complexity index is 1250. The molecule has 0 aliphatic rings. The molecule has 0 atom stereocenters. The topological polar surface area (TPSA) is 57.2 Å². The van der Waals surface area contributed by atoms with Crippen molar-refractivity contribution in [3.63, 3.8) is 0 Å². The van der Waals surface area contributed by atoms with Gasteiger partial charge in [0.25, 0.3) is 0 Å². The highest BCUT2D eigenvalue weighted by atomic mass is 35.5. The van der Waals surface area contributed by atoms with E-state index in [-0.39, 0.29) is 15.8 Å². The molecule has 4 aromatic carbocycles. The predicted octanol–water partition coefficient (Wildman–Crippen LogP) is 7.64. The van der Waals surface area contributed by atoms with Crippen molar-refractivity contribution < 1.29 is 13.0 Å². The maximum Gasteiger partial charge on any atom is 0.203 e. The summed E-state index contributed by atoms with van der Waals surface area (Å²) in [5, 5.41) is 1.73. The number of rotatable bonds is 4. The van der Waals surface area contributed by atoms with Crippen molar-refractivity contribution in [3.8, 4) is 0 Å². The van der Waals surface area contributed by atoms with Gasteiger partial charge in [0.05, 0.1) is 14.9 Å². The Balaban J connectivity index is 0.000000235. The average molecular weight is 538 g/mol. The summed E-state index contributed by atoms with van der Waals surface area (Å²) in [4.78, 5) is 3.06. The molecule has 33 heavy (non-hydrogen) atoms. The van der Waals surface area contributed by atoms with Crippen LogP contribution < -0.4 is 0 Å². The minimum atomic E-state index is -4.27. The van der Waals surface area contributed by atoms with Crippen molar-refractivity contribution in [1.82, 2.24) is 0 Å². The molecule has 4 rings (SSSR count). The highest BCUT2D eigenvalue weighted by Gasteiger charge is 2.33. The number of hydrogen-bond donors (Lipinski definition) is 0. The van der Waals surface area contributed by atoms with Gasteiger partial charge in [-0.1, -0.05) is 88.9 Å². The van der Waals surface area contributed by atoms with E-state index in [0.717, 1.165) is 10.5 Å². The van der Waals surface area contributed by atoms with E-state index in [1.165, 1.54) is 21.9 Å². The SMILES string of the molecule is Cc1ccc(S(=O)(=O)[O-])cc1.Clc1cc(Cl)c([S+](c2ccccc2)c2ccccc2)c(Cl)c1. The van der Waals surface area contributed by atoms with E-state index >= 15 is 0 Å². The summed E-state index contributed by atoms with van der Waals surface area (Å²) in [7, 11) is -4.64. The van der Waals surface area contributed by atoms with Gasteiger partial charge in [-0.15, -0.1) is 0 Å². The van der Waals surface area contributed by atoms with Crippen LogP contribution in [0.2, 0.25) is 15.1 Å². The van der Waals surface area contributed by atoms with Crippen LogP contribution in [0.4, 0.5) is 0 Å². The van der Waals surface area contributed by atoms with Gasteiger partial charge in [-0.25, -0.2) is 8.42 Å². The number of benzene rings is 4. The first-order valence-corrected chi connectivity index (χ1v) is 13.4. The molecule has 0 saturated carbocycles. The first-order chi connectivity index (χ1) is 15.7. The monoisotopic (exact) mass is 536 g/mol. The zero-order chi connectivity index (χ0) is 24.0. The third-order valence-corrected chi connectivity index (χ3v) is 8.66. The fourth-order valence-corrected chi connectivity index (χ4v) is 6.77. The van der Waals surface area contributed by atoms with Gasteiger partial charge in [0.1, 0.15) is 21.0 Å². The van der Waals surface area contributed by atoms with E-state index in [4.69, 9.17) is 34.8 Å². The second-order valence-corrected chi connectivity index (χ2v) is 11.5. The fraction of sp³-hybridized carbons (Fsp3) is 0.0400. The van der Waals surface area contributed by atoms with Gasteiger partial charge in [-0.3, -0.25) is 0 Å². The Morgan fingerprint density at radius 2 is 1.12 bits per heavy atom. The standard InChI is InChI=1S/C18H12Cl3S.C7H8O3S/c19-13-11-16(20)18(17(21)12-13)22(14-7-3-1-4-8-14)15-9-5-2-6-10-15;1-6-2-4-7(5-3-6)11(8,9)10/h1-12H;2-5H,1H3,(H,8,9,10)/q+1;/p-1. The fourth-order valence-electron chi connectivity index (χ4n) is 2.91. The largest absolute Gasteiger partial charge is 0.744 e. The van der Waals surface area contributed by atoms with Crippen LogP contribution >= 0.6 is 34.8 Å². The summed E-state index contributed by atoms with van der Waals surface area (Å²) in [6.45, 7) is 1.82. The molecule has 0 bridgehead atoms. The quantitative estimate of drug-likeness (QED) is 0.198. The van der Waals surface area contributed by atoms with E-state index in [0.29, 0.717) is 15.1 Å². The Morgan fingerprint density at radius 1 is 0.697 bits per heavy atom. The molecule has 3 nitrogen and oxygen atoms in total. The van der Waals surface area contributed by atoms with Crippen molar-refractivity contribution in [2.45, 2.75) is 26.5 Å². The number of halogens is 3. The zero-order valence-corrected chi connectivity index (χ0v) is 21.3. The van der Waals surface area contributed by atoms with Gasteiger partial charge in [0.2, 0.25) is 4.90 Å². The average Bonchev–Trinajstić information content (AvgIpc) is 2.77. The third-order valence-electron chi connectivity index (χ3n) is 4.43. The Morgan fingerprint density at radius 3 is 1.52 bits per heavy atom. The molecule has 0 amide bonds. The van der Waals surface area contributed by atoms with Crippen molar-refractivity contribution in [2.24, 2.45) is 0 Å². The molecule has 0 saturated heterocycles. The van der Waals surface area contributed by atoms with Gasteiger partial charge in [-0.2, -0.15) is 0 Å². The minimum absolute atomic E-state index is 0.178. The first-order valence-electron chi connectivity index (χ1n) is 9.68. The molecule has 0 radical (unpaired) electrons. The molecule has 170 valence electrons. The lowest BCUT2D eigenvalue weighted by molar-refractivity contribution is 0.463. The van der Waals surface area contributed by atoms with Gasteiger partial charge >= 0.3 is 0 Å². The van der Waals surface area contributed by atoms with Crippen LogP contribution in [0.25, 0.3) is 0 Å². The molecule has 8 heteroatoms. The molecule has 0 heterocycles. The highest BCUT2D eigenvalue weighted by molar-refractivity contribution is 7.97. The molecule has 4 aromatic rings. The number of aryl methyl sites for hydroxylation is 1. The van der Waals surface area contributed by atoms with Crippen molar-refractivity contribution >= 4 is 55.8 Å². The summed E-state index contributed by atoms with van der Waals surface area (Å²) in [5.74, 6) is 0. The summed E-state index contributed by atoms with van der Waals surface area (Å²) in [5.41, 5.74) is 0.928. The van der Waals surface area contributed by atoms with Crippen LogP contribution in [-0.4, -0.2) is 13.0 Å². The predicted molar refractivity (Wildman–Crippen MR) is 136 cm³/mol. The van der Waals surface area contributed by atoms with E-state index in [1.807, 2.05) is 43.3 Å². The second kappa shape index (κ2) is 11.4. The summed E-state index contributed by atoms with van der Waals surface area (Å²) in [6, 6.07) is 29.8. The van der Waals surface area contributed by atoms with Gasteiger partial charge in [-0.05, 0) is 55.5 Å². The molecule has 0 spiro atoms. The number of hydrogen-bond acceptors (Lipinski definition) is 3. The Kier molecular flexibility index (Phi) is 8.88. The molecule has 0 aliphatic heterocycles. The van der Waals surface area contributed by atoms with Crippen LogP contribution in [0, 0.1) is 6.92 Å². The van der Waals surface area contributed by atoms with E-state index in [1.54, 1.807) is 24.3 Å². The Labute approximate surface area is 212 Å². The summed E-state index contributed by atoms with van der Waals surface area (Å²) < 4.78 is 31.2. The van der Waals surface area contributed by atoms with Crippen LogP contribution in [-0.2, 0) is 21.0 Å². The van der Waals surface area contributed by atoms with Crippen LogP contribution in [0.3, 0.4) is 0 Å². The third kappa shape index (κ3) is 7.00. The maximum absolute atomic E-state index is 10.4. The first kappa shape index (κ1) is 25.6. The molecular weight excluding hydrogens is 519 g/mol. The van der Waals surface area contributed by atoms with Crippen LogP contribution in [0.5, 0.6) is 0 Å². The lowest BCUT2D eigenvalue weighted by Gasteiger charge is -2.11. The van der Waals surface area contributed by atoms with Gasteiger partial charge < -0.3 is 4.55 Å². The lowest BCUT2D eigenvalue weighted by atomic mass is 10.2. The van der Waals surface area contributed by atoms with E-state index < -0.39 is 10.1 Å². The van der Waals surface area contributed by atoms with Crippen molar-refractivity contribution in [1.29, 1.82) is 0 Å². The molecule has 0 unspecified atom stereocenters. The van der Waals surface area contributed by atoms with E-state index in [2.05, 4.69) is 24.3 Å². The van der Waals surface area contributed by atoms with Gasteiger partial charge in [0.15, 0.2) is 9.79 Å². The van der Waals surface area contributed by atoms with Crippen molar-refractivity contribution in [2.75, 3.05) is 0 Å². The molecule has 0 aromatic heterocycles. The normalized spacial score (nSPS) is 11.1. The van der Waals surface area contributed by atoms with Crippen LogP contribution in [0.1, 0.15) is 5.56 Å². The Hall–Kier alpha value is -1.99. The summed E-state index contributed by atoms with van der Waals surface area (Å²) in [6.07, 6.45) is 0. The highest BCUT2D eigenvalue weighted by Crippen LogP contribution is 2.41. The van der Waals surface area contributed by atoms with Crippen LogP contribution in [0.15, 0.2) is 117 Å². The molecule has 0 N–H and O–H groups in total. The van der Waals surface area contributed by atoms with Crippen molar-refractivity contribution in [3.05, 3.63) is 118 Å². The molecule has 0 fully saturated rings. The molecular formula is C25H19Cl3O3S2. The van der Waals surface area contributed by atoms with Gasteiger partial charge in [0, 0.05) is 5.02 Å². The molecule has 0 aliphatic carbocycles. The second-order valence-electron chi connectivity index (χ2n) is 6.90. The lowest BCUT2D eigenvalue weighted by Crippen LogP contribution is -2.06. The van der Waals surface area contributed by atoms with E-state index in [9.17, 15) is 13.0 Å². The zero-order valence-electron chi connectivity index (χ0n) is 17.4. The minimum Gasteiger partial charge on any atom is -0.744 e. The summed E-state index contributed by atoms with van der Waals surface area (Å²) >= 11 is 19.0.